The maximum Gasteiger partial charge on any atom is 0.0283 e. The van der Waals surface area contributed by atoms with Crippen LogP contribution in [0.1, 0.15) is 0 Å². The van der Waals surface area contributed by atoms with Crippen molar-refractivity contribution >= 4 is 110 Å². The van der Waals surface area contributed by atoms with E-state index in [1.165, 1.54) is 67.1 Å². The van der Waals surface area contributed by atoms with E-state index in [-0.39, 0.29) is 57.4 Å². The predicted octanol–water partition coefficient (Wildman–Crippen LogP) is 12.2. The molecule has 0 aliphatic rings. The van der Waals surface area contributed by atoms with Crippen molar-refractivity contribution in [2.45, 2.75) is 5.16 Å². The van der Waals surface area contributed by atoms with Gasteiger partial charge in [0.2, 0.25) is 0 Å². The largest absolute Gasteiger partial charge is 0.740 e. The molecule has 0 saturated heterocycles. The Kier molecular flexibility index (Phi) is 32.7. The fourth-order valence-electron chi connectivity index (χ4n) is 7.18. The fraction of sp³-hybridized carbons (Fsp3) is 0.0847. The van der Waals surface area contributed by atoms with E-state index >= 15 is 0 Å². The van der Waals surface area contributed by atoms with E-state index in [1.807, 2.05) is 0 Å². The quantitative estimate of drug-likeness (QED) is 0.0272. The molecule has 1 aromatic heterocycles. The number of hydrogen-bond acceptors (Lipinski definition) is 3. The molecule has 0 bridgehead atoms. The molecule has 12 heteroatoms. The fourth-order valence-corrected chi connectivity index (χ4v) is 18.0. The van der Waals surface area contributed by atoms with E-state index < -0.39 is 0 Å². The van der Waals surface area contributed by atoms with Crippen molar-refractivity contribution in [1.29, 1.82) is 0 Å². The first-order valence-electron chi connectivity index (χ1n) is 22.1. The third-order valence-corrected chi connectivity index (χ3v) is 21.2. The summed E-state index contributed by atoms with van der Waals surface area (Å²) in [7, 11) is -1.39. The summed E-state index contributed by atoms with van der Waals surface area (Å²) >= 11 is 14.1. The molecule has 4 nitrogen and oxygen atoms in total. The van der Waals surface area contributed by atoms with Gasteiger partial charge < -0.3 is 12.6 Å². The molecule has 0 saturated carbocycles. The molecule has 9 rings (SSSR count). The Balaban J connectivity index is 0.000000294. The maximum atomic E-state index is 7.50. The van der Waals surface area contributed by atoms with Crippen LogP contribution in [0.25, 0.3) is 0 Å². The second-order valence-corrected chi connectivity index (χ2v) is 24.9. The minimum absolute atomic E-state index is 0. The Hall–Kier alpha value is -4.50. The Bertz CT molecular complexity index is 2220. The van der Waals surface area contributed by atoms with Gasteiger partial charge in [-0.2, -0.15) is 0 Å². The average molecular weight is 1240 g/mol. The predicted molar refractivity (Wildman–Crippen MR) is 308 cm³/mol. The number of halogens is 2. The molecule has 1 heterocycles. The van der Waals surface area contributed by atoms with Crippen molar-refractivity contribution in [2.75, 3.05) is 30.0 Å². The van der Waals surface area contributed by atoms with Crippen molar-refractivity contribution < 1.29 is 29.7 Å². The van der Waals surface area contributed by atoms with Crippen LogP contribution < -0.4 is 42.4 Å². The molecule has 0 spiro atoms. The van der Waals surface area contributed by atoms with Crippen LogP contribution in [0.4, 0.5) is 0 Å². The average Bonchev–Trinajstić information content (AvgIpc) is 3.45. The molecule has 0 unspecified atom stereocenters. The topological polar surface area (TPSA) is 65.6 Å². The van der Waals surface area contributed by atoms with Crippen molar-refractivity contribution in [3.63, 3.8) is 0 Å². The molecule has 1 radical (unpaired) electrons. The van der Waals surface area contributed by atoms with Gasteiger partial charge in [0.25, 0.3) is 0 Å². The van der Waals surface area contributed by atoms with Gasteiger partial charge in [-0.25, -0.2) is 0 Å². The van der Waals surface area contributed by atoms with Crippen molar-refractivity contribution in [2.24, 2.45) is 0 Å². The van der Waals surface area contributed by atoms with Crippen LogP contribution in [0, 0.1) is 13.3 Å². The van der Waals surface area contributed by atoms with Gasteiger partial charge in [-0.1, -0.05) is 243 Å². The van der Waals surface area contributed by atoms with Crippen LogP contribution in [-0.4, -0.2) is 40.0 Å². The third-order valence-electron chi connectivity index (χ3n) is 10.2. The number of rotatable bonds is 14. The van der Waals surface area contributed by atoms with E-state index in [4.69, 9.17) is 32.5 Å². The third kappa shape index (κ3) is 22.0. The zero-order valence-corrected chi connectivity index (χ0v) is 47.5. The molecular weight excluding hydrogens is 1180 g/mol. The molecule has 0 amide bonds. The standard InChI is InChI=1S/2C26H24P2.C4H4N2S.CH2Cl2.2CO.Re/c2*1-5-13-23(14-6-1)27(24-15-7-2-8-16-24)21-22-28(25-17-9-3-10-18-25)26-19-11-4-12-20-26;7-4-5-2-1-3-6-4;2-1-3;2*1-2;/h2*1-20H,21-22H2;1-3H,(H,5,6,7);1H2;;;/p-1. The van der Waals surface area contributed by atoms with E-state index in [1.54, 1.807) is 18.5 Å². The molecule has 9 aromatic rings. The summed E-state index contributed by atoms with van der Waals surface area (Å²) in [6.45, 7) is 9.00. The van der Waals surface area contributed by atoms with Crippen molar-refractivity contribution in [1.82, 2.24) is 9.97 Å². The molecular formula is C59H53Cl2N2O2P4ReS-. The van der Waals surface area contributed by atoms with Crippen LogP contribution in [0.15, 0.2) is 266 Å². The van der Waals surface area contributed by atoms with Crippen LogP contribution in [0.5, 0.6) is 0 Å². The number of nitrogens with zero attached hydrogens (tertiary/aromatic N) is 2. The second kappa shape index (κ2) is 38.2. The maximum absolute atomic E-state index is 7.50. The minimum atomic E-state index is -0.348. The molecule has 0 aliphatic heterocycles. The summed E-state index contributed by atoms with van der Waals surface area (Å²) in [4.78, 5) is 7.37. The zero-order chi connectivity index (χ0) is 49.9. The Morgan fingerprint density at radius 3 is 0.563 bits per heavy atom. The SMILES string of the molecule is ClCCl.[C-]#[O+].[C-]#[O+].[Re].[S-]c1ncccn1.c1ccc(P(CCP(c2ccccc2)c2ccccc2)c2ccccc2)cc1.c1ccc(P(CCP(c2ccccc2)c2ccccc2)c2ccccc2)cc1. The first-order chi connectivity index (χ1) is 34.6. The van der Waals surface area contributed by atoms with E-state index in [2.05, 4.69) is 279 Å². The Labute approximate surface area is 455 Å². The van der Waals surface area contributed by atoms with Gasteiger partial charge in [0.15, 0.2) is 0 Å². The van der Waals surface area contributed by atoms with Crippen LogP contribution in [0.2, 0.25) is 0 Å². The first-order valence-corrected chi connectivity index (χ1v) is 29.7. The number of hydrogen-bond donors (Lipinski definition) is 0. The second-order valence-electron chi connectivity index (χ2n) is 14.4. The zero-order valence-electron chi connectivity index (χ0n) is 38.9. The van der Waals surface area contributed by atoms with Crippen LogP contribution in [-0.2, 0) is 42.4 Å². The van der Waals surface area contributed by atoms with Crippen LogP contribution >= 0.6 is 54.9 Å². The van der Waals surface area contributed by atoms with Gasteiger partial charge in [0, 0.05) is 38.0 Å². The van der Waals surface area contributed by atoms with E-state index in [0.29, 0.717) is 5.16 Å². The minimum Gasteiger partial charge on any atom is -0.740 e. The molecule has 0 atom stereocenters. The smallest absolute Gasteiger partial charge is 0.0283 e. The van der Waals surface area contributed by atoms with Crippen molar-refractivity contribution in [3.8, 4) is 0 Å². The molecule has 0 aliphatic carbocycles. The number of alkyl halides is 2. The van der Waals surface area contributed by atoms with Crippen molar-refractivity contribution in [3.05, 3.63) is 274 Å². The number of aromatic nitrogens is 2. The summed E-state index contributed by atoms with van der Waals surface area (Å²) in [5, 5.41) is 12.4. The van der Waals surface area contributed by atoms with E-state index in [9.17, 15) is 0 Å². The summed E-state index contributed by atoms with van der Waals surface area (Å²) in [5.74, 6) is 0. The first kappa shape index (κ1) is 60.8. The Morgan fingerprint density at radius 1 is 0.310 bits per heavy atom. The summed E-state index contributed by atoms with van der Waals surface area (Å²) in [6.07, 6.45) is 8.07. The molecule has 0 fully saturated rings. The monoisotopic (exact) mass is 1230 g/mol. The summed E-state index contributed by atoms with van der Waals surface area (Å²) in [6, 6.07) is 90.1. The summed E-state index contributed by atoms with van der Waals surface area (Å²) < 4.78 is 15.0. The van der Waals surface area contributed by atoms with Gasteiger partial charge >= 0.3 is 22.6 Å². The molecule has 8 aromatic carbocycles. The number of benzene rings is 8. The van der Waals surface area contributed by atoms with Gasteiger partial charge in [0.05, 0.1) is 5.34 Å². The van der Waals surface area contributed by atoms with Gasteiger partial charge in [-0.15, -0.1) is 23.2 Å². The van der Waals surface area contributed by atoms with Gasteiger partial charge in [-0.3, -0.25) is 9.97 Å². The van der Waals surface area contributed by atoms with E-state index in [0.717, 1.165) is 0 Å². The molecule has 359 valence electrons. The molecule has 71 heavy (non-hydrogen) atoms. The normalized spacial score (nSPS) is 9.89. The van der Waals surface area contributed by atoms with Crippen LogP contribution in [0.3, 0.4) is 0 Å². The summed E-state index contributed by atoms with van der Waals surface area (Å²) in [5.41, 5.74) is 0. The molecule has 0 N–H and O–H groups in total. The Morgan fingerprint density at radius 2 is 0.451 bits per heavy atom. The van der Waals surface area contributed by atoms with Gasteiger partial charge in [0.1, 0.15) is 0 Å². The van der Waals surface area contributed by atoms with Gasteiger partial charge in [-0.05, 0) is 105 Å².